The van der Waals surface area contributed by atoms with Gasteiger partial charge in [-0.15, -0.1) is 0 Å². The van der Waals surface area contributed by atoms with E-state index in [0.29, 0.717) is 0 Å². The van der Waals surface area contributed by atoms with E-state index < -0.39 is 11.8 Å². The molecule has 0 aliphatic carbocycles. The molecule has 6 nitrogen and oxygen atoms in total. The van der Waals surface area contributed by atoms with Crippen molar-refractivity contribution < 1.29 is 14.3 Å². The Hall–Kier alpha value is -2.70. The van der Waals surface area contributed by atoms with Gasteiger partial charge in [0, 0.05) is 38.1 Å². The van der Waals surface area contributed by atoms with Crippen LogP contribution in [-0.4, -0.2) is 47.4 Å². The van der Waals surface area contributed by atoms with Crippen molar-refractivity contribution in [1.29, 1.82) is 0 Å². The molecule has 0 bridgehead atoms. The van der Waals surface area contributed by atoms with Crippen LogP contribution < -0.4 is 5.32 Å². The molecular weight excluding hydrogens is 402 g/mol. The lowest BCUT2D eigenvalue weighted by Crippen LogP contribution is -2.40. The van der Waals surface area contributed by atoms with E-state index in [4.69, 9.17) is 16.3 Å². The highest BCUT2D eigenvalue weighted by Gasteiger charge is 2.25. The van der Waals surface area contributed by atoms with Crippen molar-refractivity contribution in [2.24, 2.45) is 0 Å². The van der Waals surface area contributed by atoms with E-state index in [1.54, 1.807) is 19.1 Å². The molecule has 1 aromatic carbocycles. The monoisotopic (exact) mass is 427 g/mol. The molecule has 1 saturated heterocycles. The maximum absolute atomic E-state index is 12.9. The molecule has 1 aliphatic heterocycles. The third-order valence-electron chi connectivity index (χ3n) is 5.04. The molecule has 0 amide bonds. The number of pyridine rings is 1. The maximum atomic E-state index is 12.9. The highest BCUT2D eigenvalue weighted by Crippen LogP contribution is 2.18. The van der Waals surface area contributed by atoms with Crippen molar-refractivity contribution >= 4 is 23.4 Å². The summed E-state index contributed by atoms with van der Waals surface area (Å²) in [5.74, 6) is -1.17. The molecule has 0 radical (unpaired) electrons. The summed E-state index contributed by atoms with van der Waals surface area (Å²) in [6, 6.07) is 13.7. The number of Topliss-reactive ketones (excluding diaryl/α,β-unsaturated/α-hetero) is 1. The molecular formula is C23H26ClN3O3. The number of ketones is 1. The minimum atomic E-state index is -0.670. The Bertz CT molecular complexity index is 894. The fourth-order valence-corrected chi connectivity index (χ4v) is 3.63. The predicted molar refractivity (Wildman–Crippen MR) is 116 cm³/mol. The number of benzene rings is 1. The average molecular weight is 428 g/mol. The predicted octanol–water partition coefficient (Wildman–Crippen LogP) is 3.62. The molecule has 7 heteroatoms. The molecule has 0 unspecified atom stereocenters. The lowest BCUT2D eigenvalue weighted by Gasteiger charge is -2.32. The van der Waals surface area contributed by atoms with Gasteiger partial charge in [0.25, 0.3) is 0 Å². The minimum Gasteiger partial charge on any atom is -0.462 e. The number of aromatic nitrogens is 1. The summed E-state index contributed by atoms with van der Waals surface area (Å²) < 4.78 is 5.07. The van der Waals surface area contributed by atoms with Gasteiger partial charge in [-0.1, -0.05) is 41.9 Å². The quantitative estimate of drug-likeness (QED) is 0.173. The number of rotatable bonds is 8. The van der Waals surface area contributed by atoms with Gasteiger partial charge >= 0.3 is 5.97 Å². The van der Waals surface area contributed by atoms with Gasteiger partial charge in [0.2, 0.25) is 5.78 Å². The Balaban J connectivity index is 1.63. The molecule has 1 aromatic heterocycles. The number of ether oxygens (including phenoxy) is 1. The zero-order chi connectivity index (χ0) is 21.3. The van der Waals surface area contributed by atoms with E-state index in [2.05, 4.69) is 39.5 Å². The first-order valence-electron chi connectivity index (χ1n) is 10.1. The second kappa shape index (κ2) is 10.9. The number of nitrogens with one attached hydrogen (secondary N) is 1. The van der Waals surface area contributed by atoms with Gasteiger partial charge in [0.1, 0.15) is 10.7 Å². The Kier molecular flexibility index (Phi) is 7.99. The molecule has 1 N–H and O–H groups in total. The number of halogens is 1. The van der Waals surface area contributed by atoms with Crippen molar-refractivity contribution in [3.05, 3.63) is 76.7 Å². The van der Waals surface area contributed by atoms with Gasteiger partial charge in [0.05, 0.1) is 12.2 Å². The van der Waals surface area contributed by atoms with Crippen LogP contribution in [0.4, 0.5) is 0 Å². The molecule has 3 rings (SSSR count). The molecule has 0 atom stereocenters. The summed E-state index contributed by atoms with van der Waals surface area (Å²) in [7, 11) is 0. The van der Waals surface area contributed by atoms with Crippen molar-refractivity contribution in [2.75, 3.05) is 19.7 Å². The Morgan fingerprint density at radius 2 is 1.93 bits per heavy atom. The fourth-order valence-electron chi connectivity index (χ4n) is 3.43. The van der Waals surface area contributed by atoms with E-state index >= 15 is 0 Å². The normalized spacial score (nSPS) is 15.6. The molecule has 2 aromatic rings. The van der Waals surface area contributed by atoms with Gasteiger partial charge in [-0.3, -0.25) is 9.69 Å². The number of carbonyl (C=O) groups excluding carboxylic acids is 2. The number of hydrogen-bond donors (Lipinski definition) is 1. The summed E-state index contributed by atoms with van der Waals surface area (Å²) in [4.78, 5) is 31.6. The van der Waals surface area contributed by atoms with Crippen LogP contribution in [0.5, 0.6) is 0 Å². The number of likely N-dealkylation sites (tertiary alicyclic amines) is 1. The first-order valence-corrected chi connectivity index (χ1v) is 10.5. The van der Waals surface area contributed by atoms with Crippen molar-refractivity contribution in [2.45, 2.75) is 32.4 Å². The van der Waals surface area contributed by atoms with Crippen LogP contribution in [0.2, 0.25) is 5.15 Å². The second-order valence-electron chi connectivity index (χ2n) is 7.15. The van der Waals surface area contributed by atoms with Gasteiger partial charge in [-0.25, -0.2) is 9.78 Å². The summed E-state index contributed by atoms with van der Waals surface area (Å²) >= 11 is 6.04. The molecule has 158 valence electrons. The number of esters is 1. The molecule has 2 heterocycles. The summed E-state index contributed by atoms with van der Waals surface area (Å²) in [5, 5.41) is 3.30. The van der Waals surface area contributed by atoms with Gasteiger partial charge in [-0.2, -0.15) is 0 Å². The first kappa shape index (κ1) is 22.0. The number of piperidine rings is 1. The Morgan fingerprint density at radius 3 is 2.60 bits per heavy atom. The SMILES string of the molecule is CCOC(=O)C(=CNC1CCN(Cc2ccccc2)CC1)C(=O)c1cccnc1Cl. The summed E-state index contributed by atoms with van der Waals surface area (Å²) in [5.41, 5.74) is 1.41. The standard InChI is InChI=1S/C23H26ClN3O3/c1-2-30-23(29)20(21(28)19-9-6-12-25-22(19)24)15-26-18-10-13-27(14-11-18)16-17-7-4-3-5-8-17/h3-9,12,15,18,26H,2,10-11,13-14,16H2,1H3. The smallest absolute Gasteiger partial charge is 0.343 e. The highest BCUT2D eigenvalue weighted by molar-refractivity contribution is 6.35. The zero-order valence-corrected chi connectivity index (χ0v) is 17.8. The first-order chi connectivity index (χ1) is 14.6. The van der Waals surface area contributed by atoms with E-state index in [-0.39, 0.29) is 28.9 Å². The van der Waals surface area contributed by atoms with Crippen LogP contribution in [0, 0.1) is 0 Å². The van der Waals surface area contributed by atoms with E-state index in [0.717, 1.165) is 32.5 Å². The Morgan fingerprint density at radius 1 is 1.20 bits per heavy atom. The second-order valence-corrected chi connectivity index (χ2v) is 7.51. The van der Waals surface area contributed by atoms with Crippen LogP contribution in [0.15, 0.2) is 60.4 Å². The number of carbonyl (C=O) groups is 2. The highest BCUT2D eigenvalue weighted by atomic mass is 35.5. The lowest BCUT2D eigenvalue weighted by atomic mass is 10.0. The van der Waals surface area contributed by atoms with Crippen molar-refractivity contribution in [1.82, 2.24) is 15.2 Å². The lowest BCUT2D eigenvalue weighted by molar-refractivity contribution is -0.138. The molecule has 0 spiro atoms. The van der Waals surface area contributed by atoms with Gasteiger partial charge < -0.3 is 10.1 Å². The van der Waals surface area contributed by atoms with Crippen LogP contribution in [-0.2, 0) is 16.1 Å². The van der Waals surface area contributed by atoms with Gasteiger partial charge in [-0.05, 0) is 37.5 Å². The molecule has 0 saturated carbocycles. The molecule has 1 aliphatic rings. The number of nitrogens with zero attached hydrogens (tertiary/aromatic N) is 2. The van der Waals surface area contributed by atoms with Crippen LogP contribution in [0.25, 0.3) is 0 Å². The van der Waals surface area contributed by atoms with Crippen molar-refractivity contribution in [3.63, 3.8) is 0 Å². The topological polar surface area (TPSA) is 71.5 Å². The molecule has 30 heavy (non-hydrogen) atoms. The Labute approximate surface area is 181 Å². The van der Waals surface area contributed by atoms with E-state index in [1.807, 2.05) is 6.07 Å². The third kappa shape index (κ3) is 5.90. The summed E-state index contributed by atoms with van der Waals surface area (Å²) in [6.07, 6.45) is 4.80. The van der Waals surface area contributed by atoms with Gasteiger partial charge in [0.15, 0.2) is 0 Å². The number of hydrogen-bond acceptors (Lipinski definition) is 6. The zero-order valence-electron chi connectivity index (χ0n) is 17.0. The maximum Gasteiger partial charge on any atom is 0.343 e. The van der Waals surface area contributed by atoms with Crippen LogP contribution >= 0.6 is 11.6 Å². The summed E-state index contributed by atoms with van der Waals surface area (Å²) in [6.45, 7) is 4.69. The fraction of sp³-hybridized carbons (Fsp3) is 0.348. The minimum absolute atomic E-state index is 0.0620. The van der Waals surface area contributed by atoms with E-state index in [9.17, 15) is 9.59 Å². The van der Waals surface area contributed by atoms with E-state index in [1.165, 1.54) is 18.0 Å². The van der Waals surface area contributed by atoms with Crippen molar-refractivity contribution in [3.8, 4) is 0 Å². The average Bonchev–Trinajstić information content (AvgIpc) is 2.76. The molecule has 1 fully saturated rings. The largest absolute Gasteiger partial charge is 0.462 e. The van der Waals surface area contributed by atoms with Crippen LogP contribution in [0.3, 0.4) is 0 Å². The van der Waals surface area contributed by atoms with Crippen LogP contribution in [0.1, 0.15) is 35.7 Å². The third-order valence-corrected chi connectivity index (χ3v) is 5.34.